The lowest BCUT2D eigenvalue weighted by atomic mass is 9.89. The van der Waals surface area contributed by atoms with Gasteiger partial charge in [0.25, 0.3) is 0 Å². The number of hydrogen-bond acceptors (Lipinski definition) is 1. The van der Waals surface area contributed by atoms with Crippen molar-refractivity contribution in [1.29, 1.82) is 0 Å². The van der Waals surface area contributed by atoms with Crippen LogP contribution in [0.3, 0.4) is 0 Å². The first-order chi connectivity index (χ1) is 9.20. The predicted octanol–water partition coefficient (Wildman–Crippen LogP) is 4.57. The van der Waals surface area contributed by atoms with Gasteiger partial charge in [0.15, 0.2) is 0 Å². The van der Waals surface area contributed by atoms with Crippen LogP contribution < -0.4 is 5.32 Å². The van der Waals surface area contributed by atoms with Crippen molar-refractivity contribution in [2.45, 2.75) is 64.5 Å². The summed E-state index contributed by atoms with van der Waals surface area (Å²) in [4.78, 5) is 0. The molecule has 0 heterocycles. The van der Waals surface area contributed by atoms with E-state index in [2.05, 4.69) is 43.9 Å². The lowest BCUT2D eigenvalue weighted by Crippen LogP contribution is -2.28. The van der Waals surface area contributed by atoms with Gasteiger partial charge >= 0.3 is 0 Å². The molecule has 0 fully saturated rings. The number of aryl methyl sites for hydroxylation is 2. The Morgan fingerprint density at radius 3 is 2.68 bits per heavy atom. The van der Waals surface area contributed by atoms with E-state index in [0.717, 1.165) is 6.42 Å². The van der Waals surface area contributed by atoms with Crippen LogP contribution in [0.4, 0.5) is 0 Å². The molecule has 1 nitrogen and oxygen atoms in total. The zero-order valence-corrected chi connectivity index (χ0v) is 12.4. The first-order valence-corrected chi connectivity index (χ1v) is 7.69. The van der Waals surface area contributed by atoms with Crippen molar-refractivity contribution in [3.8, 4) is 0 Å². The van der Waals surface area contributed by atoms with Crippen LogP contribution in [0.2, 0.25) is 0 Å². The highest BCUT2D eigenvalue weighted by molar-refractivity contribution is 5.35. The van der Waals surface area contributed by atoms with E-state index in [0.29, 0.717) is 12.1 Å². The third-order valence-electron chi connectivity index (χ3n) is 4.21. The molecule has 1 aromatic carbocycles. The van der Waals surface area contributed by atoms with Gasteiger partial charge in [-0.1, -0.05) is 24.3 Å². The topological polar surface area (TPSA) is 12.0 Å². The van der Waals surface area contributed by atoms with Gasteiger partial charge in [0.2, 0.25) is 0 Å². The minimum atomic E-state index is 0.437. The second-order valence-corrected chi connectivity index (χ2v) is 5.89. The maximum atomic E-state index is 3.79. The normalized spacial score (nSPS) is 17.6. The zero-order chi connectivity index (χ0) is 13.7. The van der Waals surface area contributed by atoms with E-state index in [1.165, 1.54) is 37.7 Å². The summed E-state index contributed by atoms with van der Waals surface area (Å²) in [6.45, 7) is 8.33. The summed E-state index contributed by atoms with van der Waals surface area (Å²) >= 11 is 0. The molecule has 0 spiro atoms. The van der Waals surface area contributed by atoms with E-state index < -0.39 is 0 Å². The van der Waals surface area contributed by atoms with Crippen LogP contribution in [0.25, 0.3) is 0 Å². The van der Waals surface area contributed by atoms with Gasteiger partial charge in [-0.2, -0.15) is 0 Å². The standard InChI is InChI=1S/C18H27N/c1-4-5-8-14(2)19-15(3)17-12-11-16-9-6-7-10-18(16)13-17/h4,11-15,19H,1,5-10H2,2-3H3. The maximum Gasteiger partial charge on any atom is 0.0294 e. The first-order valence-electron chi connectivity index (χ1n) is 7.69. The first kappa shape index (κ1) is 14.3. The number of hydrogen-bond donors (Lipinski definition) is 1. The molecule has 0 amide bonds. The lowest BCUT2D eigenvalue weighted by molar-refractivity contribution is 0.458. The van der Waals surface area contributed by atoms with Crippen molar-refractivity contribution < 1.29 is 0 Å². The Kier molecular flexibility index (Phi) is 5.21. The van der Waals surface area contributed by atoms with Crippen LogP contribution in [0.15, 0.2) is 30.9 Å². The fraction of sp³-hybridized carbons (Fsp3) is 0.556. The molecule has 1 aromatic rings. The molecule has 1 N–H and O–H groups in total. The van der Waals surface area contributed by atoms with Crippen molar-refractivity contribution >= 4 is 0 Å². The smallest absolute Gasteiger partial charge is 0.0294 e. The average molecular weight is 257 g/mol. The van der Waals surface area contributed by atoms with Gasteiger partial charge < -0.3 is 5.32 Å². The number of benzene rings is 1. The summed E-state index contributed by atoms with van der Waals surface area (Å²) in [7, 11) is 0. The minimum Gasteiger partial charge on any atom is -0.308 e. The Hall–Kier alpha value is -1.08. The van der Waals surface area contributed by atoms with Crippen molar-refractivity contribution in [3.05, 3.63) is 47.5 Å². The fourth-order valence-electron chi connectivity index (χ4n) is 3.00. The highest BCUT2D eigenvalue weighted by Gasteiger charge is 2.13. The molecule has 2 atom stereocenters. The molecule has 1 heteroatoms. The SMILES string of the molecule is C=CCCC(C)NC(C)c1ccc2c(c1)CCCC2. The summed E-state index contributed by atoms with van der Waals surface area (Å²) in [6.07, 6.45) is 9.51. The number of fused-ring (bicyclic) bond motifs is 1. The number of nitrogens with one attached hydrogen (secondary N) is 1. The largest absolute Gasteiger partial charge is 0.308 e. The van der Waals surface area contributed by atoms with Crippen LogP contribution in [-0.2, 0) is 12.8 Å². The molecule has 1 aliphatic carbocycles. The summed E-state index contributed by atoms with van der Waals surface area (Å²) in [6, 6.07) is 8.06. The molecular weight excluding hydrogens is 230 g/mol. The molecule has 1 aliphatic rings. The molecule has 2 unspecified atom stereocenters. The number of allylic oxidation sites excluding steroid dienone is 1. The van der Waals surface area contributed by atoms with Gasteiger partial charge in [-0.05, 0) is 69.1 Å². The highest BCUT2D eigenvalue weighted by Crippen LogP contribution is 2.25. The predicted molar refractivity (Wildman–Crippen MR) is 83.5 cm³/mol. The van der Waals surface area contributed by atoms with Gasteiger partial charge in [0.1, 0.15) is 0 Å². The van der Waals surface area contributed by atoms with Gasteiger partial charge in [-0.15, -0.1) is 6.58 Å². The van der Waals surface area contributed by atoms with Gasteiger partial charge in [-0.25, -0.2) is 0 Å². The fourth-order valence-corrected chi connectivity index (χ4v) is 3.00. The molecule has 2 rings (SSSR count). The number of rotatable bonds is 6. The molecule has 0 aromatic heterocycles. The van der Waals surface area contributed by atoms with E-state index in [9.17, 15) is 0 Å². The summed E-state index contributed by atoms with van der Waals surface area (Å²) in [5, 5.41) is 3.69. The Labute approximate surface area is 118 Å². The highest BCUT2D eigenvalue weighted by atomic mass is 14.9. The van der Waals surface area contributed by atoms with Crippen molar-refractivity contribution in [1.82, 2.24) is 5.32 Å². The van der Waals surface area contributed by atoms with E-state index in [1.807, 2.05) is 6.08 Å². The van der Waals surface area contributed by atoms with Crippen LogP contribution >= 0.6 is 0 Å². The zero-order valence-electron chi connectivity index (χ0n) is 12.4. The third-order valence-corrected chi connectivity index (χ3v) is 4.21. The van der Waals surface area contributed by atoms with Gasteiger partial charge in [0, 0.05) is 12.1 Å². The summed E-state index contributed by atoms with van der Waals surface area (Å²) in [5.74, 6) is 0. The van der Waals surface area contributed by atoms with Crippen LogP contribution in [-0.4, -0.2) is 6.04 Å². The average Bonchev–Trinajstić information content (AvgIpc) is 2.44. The van der Waals surface area contributed by atoms with E-state index in [1.54, 1.807) is 11.1 Å². The maximum absolute atomic E-state index is 3.79. The van der Waals surface area contributed by atoms with Gasteiger partial charge in [0.05, 0.1) is 0 Å². The van der Waals surface area contributed by atoms with E-state index in [-0.39, 0.29) is 0 Å². The second-order valence-electron chi connectivity index (χ2n) is 5.89. The molecule has 104 valence electrons. The monoisotopic (exact) mass is 257 g/mol. The van der Waals surface area contributed by atoms with Crippen LogP contribution in [0.5, 0.6) is 0 Å². The van der Waals surface area contributed by atoms with Crippen molar-refractivity contribution in [3.63, 3.8) is 0 Å². The molecule has 0 bridgehead atoms. The second kappa shape index (κ2) is 6.91. The Morgan fingerprint density at radius 2 is 1.95 bits per heavy atom. The summed E-state index contributed by atoms with van der Waals surface area (Å²) in [5.41, 5.74) is 4.59. The Bertz CT molecular complexity index is 422. The van der Waals surface area contributed by atoms with Crippen molar-refractivity contribution in [2.24, 2.45) is 0 Å². The lowest BCUT2D eigenvalue weighted by Gasteiger charge is -2.23. The molecular formula is C18H27N. The molecule has 0 saturated carbocycles. The molecule has 0 aliphatic heterocycles. The van der Waals surface area contributed by atoms with Crippen molar-refractivity contribution in [2.75, 3.05) is 0 Å². The third kappa shape index (κ3) is 3.94. The minimum absolute atomic E-state index is 0.437. The Morgan fingerprint density at radius 1 is 1.21 bits per heavy atom. The van der Waals surface area contributed by atoms with Crippen LogP contribution in [0, 0.1) is 0 Å². The van der Waals surface area contributed by atoms with Gasteiger partial charge in [-0.3, -0.25) is 0 Å². The molecule has 0 radical (unpaired) electrons. The van der Waals surface area contributed by atoms with E-state index >= 15 is 0 Å². The summed E-state index contributed by atoms with van der Waals surface area (Å²) < 4.78 is 0. The Balaban J connectivity index is 1.98. The molecule has 19 heavy (non-hydrogen) atoms. The molecule has 0 saturated heterocycles. The van der Waals surface area contributed by atoms with Crippen LogP contribution in [0.1, 0.15) is 62.3 Å². The van der Waals surface area contributed by atoms with E-state index in [4.69, 9.17) is 0 Å². The quantitative estimate of drug-likeness (QED) is 0.736.